The summed E-state index contributed by atoms with van der Waals surface area (Å²) in [7, 11) is 2.03. The second kappa shape index (κ2) is 9.59. The van der Waals surface area contributed by atoms with Crippen molar-refractivity contribution in [1.29, 1.82) is 0 Å². The molecule has 0 saturated carbocycles. The van der Waals surface area contributed by atoms with Gasteiger partial charge in [0.05, 0.1) is 11.7 Å². The van der Waals surface area contributed by atoms with E-state index in [-0.39, 0.29) is 18.9 Å². The number of alkyl carbamates (subject to hydrolysis) is 1. The number of aromatic nitrogens is 4. The molecule has 0 unspecified atom stereocenters. The van der Waals surface area contributed by atoms with Gasteiger partial charge in [0.25, 0.3) is 0 Å². The van der Waals surface area contributed by atoms with Crippen LogP contribution < -0.4 is 5.32 Å². The van der Waals surface area contributed by atoms with Gasteiger partial charge in [-0.2, -0.15) is 0 Å². The summed E-state index contributed by atoms with van der Waals surface area (Å²) in [5.41, 5.74) is 2.51. The van der Waals surface area contributed by atoms with Crippen molar-refractivity contribution in [2.24, 2.45) is 7.05 Å². The van der Waals surface area contributed by atoms with Crippen LogP contribution in [0.5, 0.6) is 0 Å². The third-order valence-corrected chi connectivity index (χ3v) is 4.78. The number of H-pyrrole nitrogens is 1. The molecule has 32 heavy (non-hydrogen) atoms. The Hall–Kier alpha value is -3.09. The van der Waals surface area contributed by atoms with E-state index < -0.39 is 11.7 Å². The second-order valence-electron chi connectivity index (χ2n) is 9.88. The van der Waals surface area contributed by atoms with Crippen LogP contribution >= 0.6 is 0 Å². The highest BCUT2D eigenvalue weighted by molar-refractivity contribution is 5.68. The monoisotopic (exact) mass is 439 g/mol. The highest BCUT2D eigenvalue weighted by Gasteiger charge is 2.23. The van der Waals surface area contributed by atoms with Crippen LogP contribution in [0.15, 0.2) is 42.9 Å². The van der Waals surface area contributed by atoms with Crippen LogP contribution in [-0.4, -0.2) is 31.2 Å². The number of imidazole rings is 2. The number of hydrogen-bond donors (Lipinski definition) is 2. The summed E-state index contributed by atoms with van der Waals surface area (Å²) in [6.45, 7) is 12.0. The predicted molar refractivity (Wildman–Crippen MR) is 128 cm³/mol. The highest BCUT2D eigenvalue weighted by Crippen LogP contribution is 2.26. The topological polar surface area (TPSA) is 84.8 Å². The van der Waals surface area contributed by atoms with E-state index in [0.717, 1.165) is 22.6 Å². The van der Waals surface area contributed by atoms with Crippen LogP contribution in [0.4, 0.5) is 4.79 Å². The van der Waals surface area contributed by atoms with Crippen molar-refractivity contribution in [2.45, 2.75) is 72.4 Å². The zero-order chi connectivity index (χ0) is 22.8. The lowest BCUT2D eigenvalue weighted by molar-refractivity contribution is 0.0501. The number of rotatable bonds is 5. The van der Waals surface area contributed by atoms with Crippen LogP contribution in [0.1, 0.15) is 72.2 Å². The van der Waals surface area contributed by atoms with E-state index in [1.54, 1.807) is 12.4 Å². The van der Waals surface area contributed by atoms with Gasteiger partial charge < -0.3 is 19.6 Å². The van der Waals surface area contributed by atoms with Gasteiger partial charge in [0.1, 0.15) is 17.2 Å². The third kappa shape index (κ3) is 6.45. The molecule has 0 aliphatic heterocycles. The lowest BCUT2D eigenvalue weighted by atomic mass is 9.96. The number of amides is 1. The Morgan fingerprint density at radius 3 is 2.31 bits per heavy atom. The Balaban J connectivity index is 0.00000363. The number of ether oxygens (including phenoxy) is 1. The summed E-state index contributed by atoms with van der Waals surface area (Å²) in [5, 5.41) is 2.93. The smallest absolute Gasteiger partial charge is 0.408 e. The van der Waals surface area contributed by atoms with Crippen molar-refractivity contribution in [2.75, 3.05) is 0 Å². The lowest BCUT2D eigenvalue weighted by Crippen LogP contribution is -2.36. The Bertz CT molecular complexity index is 1010. The van der Waals surface area contributed by atoms with Gasteiger partial charge in [0, 0.05) is 43.0 Å². The van der Waals surface area contributed by atoms with Crippen molar-refractivity contribution in [3.8, 4) is 11.3 Å². The van der Waals surface area contributed by atoms with Crippen LogP contribution in [0, 0.1) is 0 Å². The van der Waals surface area contributed by atoms with Gasteiger partial charge >= 0.3 is 6.09 Å². The second-order valence-corrected chi connectivity index (χ2v) is 9.88. The summed E-state index contributed by atoms with van der Waals surface area (Å²) in [4.78, 5) is 24.6. The van der Waals surface area contributed by atoms with E-state index in [2.05, 4.69) is 71.1 Å². The lowest BCUT2D eigenvalue weighted by Gasteiger charge is -2.23. The van der Waals surface area contributed by atoms with E-state index in [1.165, 1.54) is 0 Å². The largest absolute Gasteiger partial charge is 0.444 e. The molecule has 2 aromatic heterocycles. The summed E-state index contributed by atoms with van der Waals surface area (Å²) >= 11 is 0. The van der Waals surface area contributed by atoms with E-state index in [4.69, 9.17) is 9.72 Å². The first kappa shape index (κ1) is 25.2. The summed E-state index contributed by atoms with van der Waals surface area (Å²) in [5.74, 6) is 1.74. The minimum atomic E-state index is -0.561. The molecule has 0 aliphatic rings. The number of aromatic amines is 1. The molecule has 3 aromatic rings. The molecule has 1 amide bonds. The first-order valence-corrected chi connectivity index (χ1v) is 10.5. The molecule has 7 nitrogen and oxygen atoms in total. The average Bonchev–Trinajstić information content (AvgIpc) is 3.29. The number of carbonyl (C=O) groups excluding carboxylic acids is 1. The van der Waals surface area contributed by atoms with Crippen molar-refractivity contribution >= 4 is 6.09 Å². The first-order valence-electron chi connectivity index (χ1n) is 10.5. The normalized spacial score (nSPS) is 12.7. The van der Waals surface area contributed by atoms with Crippen molar-refractivity contribution in [3.63, 3.8) is 0 Å². The summed E-state index contributed by atoms with van der Waals surface area (Å²) in [6.07, 6.45) is 5.61. The van der Waals surface area contributed by atoms with Gasteiger partial charge in [0.15, 0.2) is 0 Å². The molecule has 2 N–H and O–H groups in total. The first-order chi connectivity index (χ1) is 14.4. The van der Waals surface area contributed by atoms with Gasteiger partial charge in [-0.3, -0.25) is 0 Å². The molecular weight excluding hydrogens is 402 g/mol. The number of nitrogens with one attached hydrogen (secondary N) is 2. The van der Waals surface area contributed by atoms with Crippen LogP contribution in [0.25, 0.3) is 11.3 Å². The van der Waals surface area contributed by atoms with Gasteiger partial charge in [-0.25, -0.2) is 14.8 Å². The van der Waals surface area contributed by atoms with E-state index in [1.807, 2.05) is 27.8 Å². The number of nitrogens with zero attached hydrogens (tertiary/aromatic N) is 3. The SMILES string of the molecule is C.Cn1cc(-c2ccc(C[C@H](NC(=O)OC(C)(C)C)c3ncc[nH]3)cc2)nc1C(C)(C)C. The molecule has 0 radical (unpaired) electrons. The molecule has 2 heterocycles. The van der Waals surface area contributed by atoms with Crippen molar-refractivity contribution in [3.05, 3.63) is 60.1 Å². The quantitative estimate of drug-likeness (QED) is 0.546. The fourth-order valence-electron chi connectivity index (χ4n) is 3.48. The van der Waals surface area contributed by atoms with Gasteiger partial charge in [-0.05, 0) is 26.3 Å². The van der Waals surface area contributed by atoms with E-state index >= 15 is 0 Å². The minimum Gasteiger partial charge on any atom is -0.444 e. The van der Waals surface area contributed by atoms with Gasteiger partial charge in [-0.15, -0.1) is 0 Å². The zero-order valence-corrected chi connectivity index (χ0v) is 19.5. The predicted octanol–water partition coefficient (Wildman–Crippen LogP) is 5.55. The molecular formula is C25H37N5O2. The zero-order valence-electron chi connectivity index (χ0n) is 19.5. The molecule has 0 bridgehead atoms. The molecule has 0 saturated heterocycles. The summed E-state index contributed by atoms with van der Waals surface area (Å²) in [6, 6.07) is 7.94. The van der Waals surface area contributed by atoms with Crippen molar-refractivity contribution < 1.29 is 9.53 Å². The van der Waals surface area contributed by atoms with Gasteiger partial charge in [0.2, 0.25) is 0 Å². The molecule has 174 valence electrons. The van der Waals surface area contributed by atoms with Crippen LogP contribution in [-0.2, 0) is 23.6 Å². The molecule has 1 atom stereocenters. The van der Waals surface area contributed by atoms with Gasteiger partial charge in [-0.1, -0.05) is 52.5 Å². The number of hydrogen-bond acceptors (Lipinski definition) is 4. The van der Waals surface area contributed by atoms with E-state index in [9.17, 15) is 4.79 Å². The molecule has 7 heteroatoms. The standard InChI is InChI=1S/C24H33N5O2.CH4/c1-23(2,3)21-27-19(15-29(21)7)17-10-8-16(9-11-17)14-18(20-25-12-13-26-20)28-22(30)31-24(4,5)6;/h8-13,15,18H,14H2,1-7H3,(H,25,26)(H,28,30);1H4/t18-;/m0./s1. The highest BCUT2D eigenvalue weighted by atomic mass is 16.6. The van der Waals surface area contributed by atoms with Crippen LogP contribution in [0.3, 0.4) is 0 Å². The molecule has 1 aromatic carbocycles. The van der Waals surface area contributed by atoms with E-state index in [0.29, 0.717) is 12.2 Å². The maximum atomic E-state index is 12.3. The molecule has 3 rings (SSSR count). The maximum Gasteiger partial charge on any atom is 0.408 e. The fraction of sp³-hybridized carbons (Fsp3) is 0.480. The maximum absolute atomic E-state index is 12.3. The van der Waals surface area contributed by atoms with Crippen LogP contribution in [0.2, 0.25) is 0 Å². The Morgan fingerprint density at radius 2 is 1.81 bits per heavy atom. The Kier molecular flexibility index (Phi) is 7.54. The number of carbonyl (C=O) groups is 1. The average molecular weight is 440 g/mol. The number of aryl methyl sites for hydroxylation is 1. The number of benzene rings is 1. The molecule has 0 fully saturated rings. The fourth-order valence-corrected chi connectivity index (χ4v) is 3.48. The Labute approximate surface area is 191 Å². The molecule has 0 aliphatic carbocycles. The third-order valence-electron chi connectivity index (χ3n) is 4.78. The molecule has 0 spiro atoms. The minimum absolute atomic E-state index is 0. The Morgan fingerprint density at radius 1 is 1.16 bits per heavy atom. The summed E-state index contributed by atoms with van der Waals surface area (Å²) < 4.78 is 7.50. The van der Waals surface area contributed by atoms with Crippen molar-refractivity contribution in [1.82, 2.24) is 24.8 Å².